The van der Waals surface area contributed by atoms with Crippen molar-refractivity contribution in [3.8, 4) is 5.75 Å². The molecule has 6 heteroatoms. The molecule has 0 spiro atoms. The molecule has 0 atom stereocenters. The van der Waals surface area contributed by atoms with E-state index >= 15 is 0 Å². The van der Waals surface area contributed by atoms with Crippen LogP contribution < -0.4 is 15.8 Å². The molecule has 1 fully saturated rings. The van der Waals surface area contributed by atoms with E-state index in [1.807, 2.05) is 35.2 Å². The molecule has 1 aromatic carbocycles. The summed E-state index contributed by atoms with van der Waals surface area (Å²) in [6.07, 6.45) is 3.54. The molecule has 22 heavy (non-hydrogen) atoms. The van der Waals surface area contributed by atoms with Gasteiger partial charge in [0.25, 0.3) is 0 Å². The molecule has 3 N–H and O–H groups in total. The van der Waals surface area contributed by atoms with Crippen LogP contribution in [0.5, 0.6) is 5.75 Å². The van der Waals surface area contributed by atoms with E-state index in [0.29, 0.717) is 6.54 Å². The van der Waals surface area contributed by atoms with Gasteiger partial charge in [-0.05, 0) is 23.8 Å². The Morgan fingerprint density at radius 3 is 2.55 bits per heavy atom. The van der Waals surface area contributed by atoms with Crippen molar-refractivity contribution in [1.29, 1.82) is 0 Å². The summed E-state index contributed by atoms with van der Waals surface area (Å²) in [6.45, 7) is 4.80. The summed E-state index contributed by atoms with van der Waals surface area (Å²) < 4.78 is 5.10. The number of nitrogens with two attached hydrogens (primary N) is 1. The molecule has 0 aromatic heterocycles. The molecule has 1 aliphatic rings. The molecule has 1 saturated heterocycles. The van der Waals surface area contributed by atoms with Crippen molar-refractivity contribution in [2.24, 2.45) is 5.73 Å². The zero-order valence-corrected chi connectivity index (χ0v) is 13.0. The van der Waals surface area contributed by atoms with Gasteiger partial charge < -0.3 is 20.7 Å². The summed E-state index contributed by atoms with van der Waals surface area (Å²) in [7, 11) is 1.64. The Morgan fingerprint density at radius 2 is 1.95 bits per heavy atom. The molecular weight excluding hydrogens is 280 g/mol. The molecule has 6 nitrogen and oxygen atoms in total. The van der Waals surface area contributed by atoms with Gasteiger partial charge in [0, 0.05) is 45.5 Å². The molecule has 2 amide bonds. The number of carbonyl (C=O) groups excluding carboxylic acids is 1. The van der Waals surface area contributed by atoms with Crippen LogP contribution in [-0.2, 0) is 0 Å². The molecule has 0 bridgehead atoms. The number of rotatable bonds is 5. The Morgan fingerprint density at radius 1 is 1.27 bits per heavy atom. The van der Waals surface area contributed by atoms with Gasteiger partial charge in [-0.15, -0.1) is 0 Å². The number of ether oxygens (including phenoxy) is 1. The van der Waals surface area contributed by atoms with Crippen LogP contribution in [0.25, 0.3) is 6.08 Å². The molecule has 120 valence electrons. The second kappa shape index (κ2) is 8.41. The summed E-state index contributed by atoms with van der Waals surface area (Å²) in [5, 5.41) is 2.81. The topological polar surface area (TPSA) is 70.8 Å². The summed E-state index contributed by atoms with van der Waals surface area (Å²) in [5.74, 6) is 0.816. The Bertz CT molecular complexity index is 493. The third kappa shape index (κ3) is 4.75. The lowest BCUT2D eigenvalue weighted by molar-refractivity contribution is 0.143. The van der Waals surface area contributed by atoms with Crippen LogP contribution in [-0.4, -0.2) is 62.2 Å². The highest BCUT2D eigenvalue weighted by molar-refractivity contribution is 5.76. The molecule has 0 aliphatic carbocycles. The van der Waals surface area contributed by atoms with Crippen molar-refractivity contribution < 1.29 is 9.53 Å². The average molecular weight is 304 g/mol. The van der Waals surface area contributed by atoms with Gasteiger partial charge >= 0.3 is 6.03 Å². The van der Waals surface area contributed by atoms with Crippen LogP contribution in [0.1, 0.15) is 5.56 Å². The quantitative estimate of drug-likeness (QED) is 0.850. The van der Waals surface area contributed by atoms with Crippen molar-refractivity contribution >= 4 is 12.1 Å². The van der Waals surface area contributed by atoms with Gasteiger partial charge in [0.15, 0.2) is 0 Å². The van der Waals surface area contributed by atoms with Crippen molar-refractivity contribution in [3.05, 3.63) is 36.0 Å². The number of methoxy groups -OCH3 is 1. The van der Waals surface area contributed by atoms with Crippen LogP contribution in [0, 0.1) is 0 Å². The van der Waals surface area contributed by atoms with E-state index in [-0.39, 0.29) is 6.03 Å². The SMILES string of the molecule is COc1ccc(/C=C/NC(=O)N2CCN(CCN)CC2)cc1. The molecule has 1 aromatic rings. The highest BCUT2D eigenvalue weighted by Gasteiger charge is 2.19. The van der Waals surface area contributed by atoms with Crippen LogP contribution >= 0.6 is 0 Å². The predicted molar refractivity (Wildman–Crippen MR) is 87.6 cm³/mol. The standard InChI is InChI=1S/C16H24N4O2/c1-22-15-4-2-14(3-5-15)6-8-18-16(21)20-12-10-19(9-7-17)11-13-20/h2-6,8H,7,9-13,17H2,1H3,(H,18,21)/b8-6+. The number of nitrogens with one attached hydrogen (secondary N) is 1. The second-order valence-electron chi connectivity index (χ2n) is 5.17. The first kappa shape index (κ1) is 16.3. The van der Waals surface area contributed by atoms with Gasteiger partial charge in [0.05, 0.1) is 7.11 Å². The maximum atomic E-state index is 12.1. The van der Waals surface area contributed by atoms with Gasteiger partial charge in [0.1, 0.15) is 5.75 Å². The van der Waals surface area contributed by atoms with Crippen LogP contribution in [0.2, 0.25) is 0 Å². The lowest BCUT2D eigenvalue weighted by atomic mass is 10.2. The fourth-order valence-corrected chi connectivity index (χ4v) is 2.37. The third-order valence-electron chi connectivity index (χ3n) is 3.70. The van der Waals surface area contributed by atoms with Gasteiger partial charge in [-0.1, -0.05) is 12.1 Å². The Hall–Kier alpha value is -2.05. The first-order valence-electron chi connectivity index (χ1n) is 7.51. The first-order valence-corrected chi connectivity index (χ1v) is 7.51. The van der Waals surface area contributed by atoms with E-state index in [0.717, 1.165) is 44.0 Å². The highest BCUT2D eigenvalue weighted by Crippen LogP contribution is 2.12. The molecule has 0 unspecified atom stereocenters. The first-order chi connectivity index (χ1) is 10.7. The number of hydrogen-bond donors (Lipinski definition) is 2. The van der Waals surface area contributed by atoms with E-state index in [9.17, 15) is 4.79 Å². The fourth-order valence-electron chi connectivity index (χ4n) is 2.37. The summed E-state index contributed by atoms with van der Waals surface area (Å²) in [5.41, 5.74) is 6.55. The van der Waals surface area contributed by atoms with Gasteiger partial charge in [0.2, 0.25) is 0 Å². The predicted octanol–water partition coefficient (Wildman–Crippen LogP) is 0.952. The van der Waals surface area contributed by atoms with Gasteiger partial charge in [-0.25, -0.2) is 4.79 Å². The fraction of sp³-hybridized carbons (Fsp3) is 0.438. The van der Waals surface area contributed by atoms with Crippen molar-refractivity contribution in [1.82, 2.24) is 15.1 Å². The smallest absolute Gasteiger partial charge is 0.321 e. The number of hydrogen-bond acceptors (Lipinski definition) is 4. The molecule has 1 heterocycles. The molecule has 1 aliphatic heterocycles. The Labute approximate surface area is 131 Å². The number of carbonyl (C=O) groups is 1. The number of urea groups is 1. The third-order valence-corrected chi connectivity index (χ3v) is 3.70. The summed E-state index contributed by atoms with van der Waals surface area (Å²) in [4.78, 5) is 16.2. The van der Waals surface area contributed by atoms with Gasteiger partial charge in [-0.3, -0.25) is 4.90 Å². The van der Waals surface area contributed by atoms with Gasteiger partial charge in [-0.2, -0.15) is 0 Å². The summed E-state index contributed by atoms with van der Waals surface area (Å²) in [6, 6.07) is 7.59. The lowest BCUT2D eigenvalue weighted by Crippen LogP contribution is -2.51. The number of benzene rings is 1. The minimum absolute atomic E-state index is 0.0582. The maximum Gasteiger partial charge on any atom is 0.321 e. The highest BCUT2D eigenvalue weighted by atomic mass is 16.5. The normalized spacial score (nSPS) is 16.0. The Kier molecular flexibility index (Phi) is 6.24. The molecule has 0 saturated carbocycles. The van der Waals surface area contributed by atoms with E-state index in [4.69, 9.17) is 10.5 Å². The monoisotopic (exact) mass is 304 g/mol. The minimum Gasteiger partial charge on any atom is -0.497 e. The van der Waals surface area contributed by atoms with Crippen LogP contribution in [0.4, 0.5) is 4.79 Å². The number of piperazine rings is 1. The second-order valence-corrected chi connectivity index (χ2v) is 5.17. The number of amides is 2. The van der Waals surface area contributed by atoms with E-state index in [1.165, 1.54) is 0 Å². The van der Waals surface area contributed by atoms with E-state index in [2.05, 4.69) is 10.2 Å². The minimum atomic E-state index is -0.0582. The van der Waals surface area contributed by atoms with Crippen molar-refractivity contribution in [2.45, 2.75) is 0 Å². The Balaban J connectivity index is 1.76. The van der Waals surface area contributed by atoms with Crippen LogP contribution in [0.3, 0.4) is 0 Å². The summed E-state index contributed by atoms with van der Waals surface area (Å²) >= 11 is 0. The zero-order chi connectivity index (χ0) is 15.8. The number of nitrogens with zero attached hydrogens (tertiary/aromatic N) is 2. The lowest BCUT2D eigenvalue weighted by Gasteiger charge is -2.34. The van der Waals surface area contributed by atoms with E-state index in [1.54, 1.807) is 13.3 Å². The molecule has 0 radical (unpaired) electrons. The van der Waals surface area contributed by atoms with Crippen molar-refractivity contribution in [2.75, 3.05) is 46.4 Å². The molecule has 2 rings (SSSR count). The average Bonchev–Trinajstić information content (AvgIpc) is 2.56. The zero-order valence-electron chi connectivity index (χ0n) is 13.0. The van der Waals surface area contributed by atoms with E-state index < -0.39 is 0 Å². The maximum absolute atomic E-state index is 12.1. The largest absolute Gasteiger partial charge is 0.497 e. The van der Waals surface area contributed by atoms with Crippen molar-refractivity contribution in [3.63, 3.8) is 0 Å². The molecular formula is C16H24N4O2. The van der Waals surface area contributed by atoms with Crippen LogP contribution in [0.15, 0.2) is 30.5 Å².